The number of carboxylic acid groups (broad SMARTS) is 1. The second kappa shape index (κ2) is 4.46. The van der Waals surface area contributed by atoms with Crippen LogP contribution < -0.4 is 0 Å². The topological polar surface area (TPSA) is 98.3 Å². The van der Waals surface area contributed by atoms with Gasteiger partial charge in [0.25, 0.3) is 0 Å². The molecule has 0 aliphatic heterocycles. The van der Waals surface area contributed by atoms with E-state index in [1.807, 2.05) is 0 Å². The van der Waals surface area contributed by atoms with E-state index >= 15 is 0 Å². The predicted molar refractivity (Wildman–Crippen MR) is 62.2 cm³/mol. The van der Waals surface area contributed by atoms with Crippen LogP contribution in [-0.4, -0.2) is 25.6 Å². The van der Waals surface area contributed by atoms with Gasteiger partial charge < -0.3 is 15.2 Å². The third-order valence-corrected chi connectivity index (χ3v) is 2.55. The van der Waals surface area contributed by atoms with Crippen molar-refractivity contribution in [2.24, 2.45) is 0 Å². The summed E-state index contributed by atoms with van der Waals surface area (Å²) in [4.78, 5) is 24.2. The third kappa shape index (κ3) is 2.16. The second-order valence-electron chi connectivity index (χ2n) is 3.37. The Morgan fingerprint density at radius 3 is 2.72 bits per heavy atom. The first kappa shape index (κ1) is 12.1. The molecule has 0 atom stereocenters. The van der Waals surface area contributed by atoms with E-state index in [0.29, 0.717) is 5.69 Å². The molecule has 7 nitrogen and oxygen atoms in total. The van der Waals surface area contributed by atoms with E-state index in [2.05, 4.69) is 4.98 Å². The van der Waals surface area contributed by atoms with Crippen LogP contribution in [0.4, 0.5) is 5.82 Å². The molecule has 2 aromatic rings. The first-order valence-corrected chi connectivity index (χ1v) is 5.08. The first-order chi connectivity index (χ1) is 8.49. The predicted octanol–water partition coefficient (Wildman–Crippen LogP) is 2.13. The number of nitro groups is 1. The maximum absolute atomic E-state index is 10.8. The lowest BCUT2D eigenvalue weighted by atomic mass is 10.2. The number of hydrogen-bond acceptors (Lipinski definition) is 4. The normalized spacial score (nSPS) is 10.3. The Kier molecular flexibility index (Phi) is 2.99. The van der Waals surface area contributed by atoms with Crippen molar-refractivity contribution < 1.29 is 14.8 Å². The van der Waals surface area contributed by atoms with Gasteiger partial charge in [-0.15, -0.1) is 0 Å². The molecule has 8 heteroatoms. The molecule has 0 fully saturated rings. The summed E-state index contributed by atoms with van der Waals surface area (Å²) >= 11 is 5.80. The fraction of sp³-hybridized carbons (Fsp3) is 0. The standard InChI is InChI=1S/C10H6ClN3O4/c11-8-3-6(1-2-7(8)10(15)16)13-4-9(12-5-13)14(17)18/h1-5H,(H,15,16). The maximum atomic E-state index is 10.8. The molecule has 0 saturated heterocycles. The van der Waals surface area contributed by atoms with Gasteiger partial charge >= 0.3 is 11.8 Å². The van der Waals surface area contributed by atoms with Gasteiger partial charge in [-0.3, -0.25) is 4.57 Å². The molecule has 0 amide bonds. The molecule has 0 bridgehead atoms. The van der Waals surface area contributed by atoms with Crippen LogP contribution in [-0.2, 0) is 0 Å². The molecular weight excluding hydrogens is 262 g/mol. The number of halogens is 1. The fourth-order valence-electron chi connectivity index (χ4n) is 1.39. The zero-order chi connectivity index (χ0) is 13.3. The highest BCUT2D eigenvalue weighted by atomic mass is 35.5. The van der Waals surface area contributed by atoms with Crippen molar-refractivity contribution >= 4 is 23.4 Å². The van der Waals surface area contributed by atoms with Crippen molar-refractivity contribution in [2.45, 2.75) is 0 Å². The van der Waals surface area contributed by atoms with Crippen LogP contribution in [0.1, 0.15) is 10.4 Å². The highest BCUT2D eigenvalue weighted by Gasteiger charge is 2.13. The van der Waals surface area contributed by atoms with Gasteiger partial charge in [-0.2, -0.15) is 0 Å². The van der Waals surface area contributed by atoms with Gasteiger partial charge in [-0.25, -0.2) is 4.79 Å². The lowest BCUT2D eigenvalue weighted by Crippen LogP contribution is -1.99. The molecule has 0 radical (unpaired) electrons. The van der Waals surface area contributed by atoms with Crippen LogP contribution >= 0.6 is 11.6 Å². The summed E-state index contributed by atoms with van der Waals surface area (Å²) in [5.74, 6) is -1.43. The smallest absolute Gasteiger partial charge is 0.381 e. The summed E-state index contributed by atoms with van der Waals surface area (Å²) in [7, 11) is 0. The van der Waals surface area contributed by atoms with E-state index in [0.717, 1.165) is 0 Å². The summed E-state index contributed by atoms with van der Waals surface area (Å²) in [6.07, 6.45) is 2.47. The number of aromatic carboxylic acids is 1. The number of carbonyl (C=O) groups is 1. The van der Waals surface area contributed by atoms with E-state index in [9.17, 15) is 14.9 Å². The van der Waals surface area contributed by atoms with E-state index in [1.54, 1.807) is 0 Å². The SMILES string of the molecule is O=C(O)c1ccc(-n2cnc([N+](=O)[O-])c2)cc1Cl. The lowest BCUT2D eigenvalue weighted by molar-refractivity contribution is -0.389. The number of hydrogen-bond donors (Lipinski definition) is 1. The Bertz CT molecular complexity index is 638. The van der Waals surface area contributed by atoms with Gasteiger partial charge in [-0.1, -0.05) is 11.6 Å². The van der Waals surface area contributed by atoms with Gasteiger partial charge in [0, 0.05) is 0 Å². The minimum Gasteiger partial charge on any atom is -0.478 e. The van der Waals surface area contributed by atoms with Crippen LogP contribution in [0.25, 0.3) is 5.69 Å². The minimum atomic E-state index is -1.14. The number of imidazole rings is 1. The summed E-state index contributed by atoms with van der Waals surface area (Å²) in [6.45, 7) is 0. The Hall–Kier alpha value is -2.41. The van der Waals surface area contributed by atoms with Gasteiger partial charge in [0.1, 0.15) is 6.20 Å². The second-order valence-corrected chi connectivity index (χ2v) is 3.77. The van der Waals surface area contributed by atoms with Crippen molar-refractivity contribution in [2.75, 3.05) is 0 Å². The lowest BCUT2D eigenvalue weighted by Gasteiger charge is -2.03. The monoisotopic (exact) mass is 267 g/mol. The Morgan fingerprint density at radius 2 is 2.22 bits per heavy atom. The molecule has 0 aliphatic carbocycles. The van der Waals surface area contributed by atoms with Gasteiger partial charge in [0.15, 0.2) is 0 Å². The summed E-state index contributed by atoms with van der Waals surface area (Å²) in [5.41, 5.74) is 0.459. The van der Waals surface area contributed by atoms with Crippen LogP contribution in [0.5, 0.6) is 0 Å². The van der Waals surface area contributed by atoms with Crippen LogP contribution in [0, 0.1) is 10.1 Å². The van der Waals surface area contributed by atoms with E-state index in [4.69, 9.17) is 16.7 Å². The first-order valence-electron chi connectivity index (χ1n) is 4.70. The minimum absolute atomic E-state index is 0.0324. The largest absolute Gasteiger partial charge is 0.478 e. The van der Waals surface area contributed by atoms with Crippen molar-refractivity contribution in [1.82, 2.24) is 9.55 Å². The van der Waals surface area contributed by atoms with E-state index in [-0.39, 0.29) is 16.4 Å². The molecule has 1 heterocycles. The zero-order valence-electron chi connectivity index (χ0n) is 8.78. The molecule has 2 rings (SSSR count). The molecule has 0 saturated carbocycles. The quantitative estimate of drug-likeness (QED) is 0.678. The van der Waals surface area contributed by atoms with E-state index < -0.39 is 10.9 Å². The molecule has 0 spiro atoms. The van der Waals surface area contributed by atoms with Crippen molar-refractivity contribution in [3.63, 3.8) is 0 Å². The van der Waals surface area contributed by atoms with E-state index in [1.165, 1.54) is 35.3 Å². The average molecular weight is 268 g/mol. The van der Waals surface area contributed by atoms with Crippen LogP contribution in [0.3, 0.4) is 0 Å². The Morgan fingerprint density at radius 1 is 1.50 bits per heavy atom. The molecule has 1 N–H and O–H groups in total. The number of nitrogens with zero attached hydrogens (tertiary/aromatic N) is 3. The van der Waals surface area contributed by atoms with Crippen LogP contribution in [0.15, 0.2) is 30.7 Å². The van der Waals surface area contributed by atoms with Crippen molar-refractivity contribution in [1.29, 1.82) is 0 Å². The number of benzene rings is 1. The summed E-state index contributed by atoms with van der Waals surface area (Å²) in [6, 6.07) is 4.21. The number of carboxylic acids is 1. The van der Waals surface area contributed by atoms with Crippen LogP contribution in [0.2, 0.25) is 5.02 Å². The number of aromatic nitrogens is 2. The maximum Gasteiger partial charge on any atom is 0.381 e. The molecule has 18 heavy (non-hydrogen) atoms. The molecule has 1 aromatic heterocycles. The molecule has 0 unspecified atom stereocenters. The fourth-order valence-corrected chi connectivity index (χ4v) is 1.64. The Labute approximate surface area is 105 Å². The molecule has 0 aliphatic rings. The average Bonchev–Trinajstić information content (AvgIpc) is 2.77. The van der Waals surface area contributed by atoms with Gasteiger partial charge in [0.2, 0.25) is 6.33 Å². The van der Waals surface area contributed by atoms with Gasteiger partial charge in [0.05, 0.1) is 16.3 Å². The third-order valence-electron chi connectivity index (χ3n) is 2.24. The zero-order valence-corrected chi connectivity index (χ0v) is 9.53. The molecular formula is C10H6ClN3O4. The highest BCUT2D eigenvalue weighted by Crippen LogP contribution is 2.21. The Balaban J connectivity index is 2.42. The van der Waals surface area contributed by atoms with Crippen molar-refractivity contribution in [3.8, 4) is 5.69 Å². The summed E-state index contributed by atoms with van der Waals surface area (Å²) in [5, 5.41) is 19.3. The van der Waals surface area contributed by atoms with Gasteiger partial charge in [-0.05, 0) is 28.1 Å². The molecule has 1 aromatic carbocycles. The summed E-state index contributed by atoms with van der Waals surface area (Å²) < 4.78 is 1.38. The highest BCUT2D eigenvalue weighted by molar-refractivity contribution is 6.33. The molecule has 92 valence electrons. The number of rotatable bonds is 3. The van der Waals surface area contributed by atoms with Crippen molar-refractivity contribution in [3.05, 3.63) is 51.4 Å².